The average molecular weight is 558 g/mol. The van der Waals surface area contributed by atoms with E-state index in [1.165, 1.54) is 30.7 Å². The van der Waals surface area contributed by atoms with E-state index in [0.29, 0.717) is 0 Å². The third kappa shape index (κ3) is 6.02. The maximum absolute atomic E-state index is 13.2. The van der Waals surface area contributed by atoms with Crippen molar-refractivity contribution in [3.05, 3.63) is 0 Å². The molecule has 1 N–H and O–H groups in total. The zero-order chi connectivity index (χ0) is 28.4. The van der Waals surface area contributed by atoms with Gasteiger partial charge in [-0.25, -0.2) is 0 Å². The van der Waals surface area contributed by atoms with Gasteiger partial charge in [-0.15, -0.1) is 0 Å². The molecular weight excluding hydrogens is 533 g/mol. The van der Waals surface area contributed by atoms with Crippen LogP contribution in [0.15, 0.2) is 0 Å². The van der Waals surface area contributed by atoms with Crippen molar-refractivity contribution in [3.8, 4) is 0 Å². The molecule has 0 aliphatic rings. The summed E-state index contributed by atoms with van der Waals surface area (Å²) in [5, 5.41) is -4.27. The van der Waals surface area contributed by atoms with E-state index < -0.39 is 58.1 Å². The van der Waals surface area contributed by atoms with E-state index in [-0.39, 0.29) is 0 Å². The van der Waals surface area contributed by atoms with Crippen LogP contribution in [-0.4, -0.2) is 84.7 Å². The maximum Gasteiger partial charge on any atom is 0.460 e. The number of hydrogen-bond acceptors (Lipinski definition) is 2. The van der Waals surface area contributed by atoms with Crippen LogP contribution in [0.3, 0.4) is 0 Å². The van der Waals surface area contributed by atoms with Crippen molar-refractivity contribution in [3.63, 3.8) is 0 Å². The Morgan fingerprint density at radius 1 is 0.618 bits per heavy atom. The summed E-state index contributed by atoms with van der Waals surface area (Å²) in [4.78, 5) is 0. The lowest BCUT2D eigenvalue weighted by atomic mass is 9.93. The topological polar surface area (TPSA) is 54.4 Å². The highest BCUT2D eigenvalue weighted by molar-refractivity contribution is 7.86. The molecule has 208 valence electrons. The molecule has 0 radical (unpaired) electrons. The highest BCUT2D eigenvalue weighted by Gasteiger charge is 2.91. The molecule has 4 nitrogen and oxygen atoms in total. The van der Waals surface area contributed by atoms with Crippen LogP contribution < -0.4 is 0 Å². The maximum atomic E-state index is 13.2. The van der Waals surface area contributed by atoms with Crippen LogP contribution in [0.4, 0.5) is 57.1 Å². The first-order valence-corrected chi connectivity index (χ1v) is 10.9. The molecule has 0 aromatic heterocycles. The van der Waals surface area contributed by atoms with Crippen molar-refractivity contribution < 1.29 is 74.5 Å². The molecule has 0 spiro atoms. The van der Waals surface area contributed by atoms with Gasteiger partial charge in [-0.1, -0.05) is 0 Å². The molecule has 0 saturated carbocycles. The second-order valence-corrected chi connectivity index (χ2v) is 8.92. The van der Waals surface area contributed by atoms with Crippen molar-refractivity contribution in [2.24, 2.45) is 0 Å². The normalized spacial score (nSPS) is 16.1. The highest BCUT2D eigenvalue weighted by atomic mass is 32.2. The quantitative estimate of drug-likeness (QED) is 0.207. The predicted molar refractivity (Wildman–Crippen MR) is 94.2 cm³/mol. The van der Waals surface area contributed by atoms with Gasteiger partial charge in [0.2, 0.25) is 0 Å². The van der Waals surface area contributed by atoms with E-state index in [1.54, 1.807) is 0 Å². The second-order valence-electron chi connectivity index (χ2n) is 7.18. The molecule has 0 aliphatic heterocycles. The van der Waals surface area contributed by atoms with Crippen LogP contribution >= 0.6 is 0 Å². The van der Waals surface area contributed by atoms with E-state index >= 15 is 0 Å². The molecule has 0 aliphatic carbocycles. The first-order valence-electron chi connectivity index (χ1n) is 9.42. The van der Waals surface area contributed by atoms with Gasteiger partial charge in [0, 0.05) is 0 Å². The van der Waals surface area contributed by atoms with Crippen LogP contribution in [0.2, 0.25) is 0 Å². The van der Waals surface area contributed by atoms with Crippen LogP contribution in [-0.2, 0) is 10.1 Å². The van der Waals surface area contributed by atoms with Gasteiger partial charge in [0.25, 0.3) is 10.1 Å². The number of alkyl halides is 13. The third-order valence-electron chi connectivity index (χ3n) is 5.60. The van der Waals surface area contributed by atoms with Gasteiger partial charge in [0.15, 0.2) is 5.25 Å². The molecule has 0 saturated heterocycles. The minimum absolute atomic E-state index is 0.598. The molecule has 0 heterocycles. The van der Waals surface area contributed by atoms with Gasteiger partial charge in [-0.3, -0.25) is 4.55 Å². The van der Waals surface area contributed by atoms with Gasteiger partial charge >= 0.3 is 35.8 Å². The summed E-state index contributed by atoms with van der Waals surface area (Å²) in [5.41, 5.74) is 0. The Bertz CT molecular complexity index is 745. The van der Waals surface area contributed by atoms with E-state index in [1.807, 2.05) is 0 Å². The Kier molecular flexibility index (Phi) is 10.9. The van der Waals surface area contributed by atoms with E-state index in [0.717, 1.165) is 0 Å². The molecule has 0 bridgehead atoms. The van der Waals surface area contributed by atoms with Gasteiger partial charge < -0.3 is 4.48 Å². The molecule has 0 fully saturated rings. The van der Waals surface area contributed by atoms with E-state index in [2.05, 4.69) is 27.7 Å². The van der Waals surface area contributed by atoms with E-state index in [4.69, 9.17) is 4.55 Å². The number of rotatable bonds is 10. The van der Waals surface area contributed by atoms with Gasteiger partial charge in [0.1, 0.15) is 0 Å². The third-order valence-corrected chi connectivity index (χ3v) is 6.79. The molecule has 1 atom stereocenters. The molecule has 0 rings (SSSR count). The summed E-state index contributed by atoms with van der Waals surface area (Å²) >= 11 is 0. The molecular formula is C16H25F13NO3S+. The van der Waals surface area contributed by atoms with Crippen molar-refractivity contribution >= 4 is 10.1 Å². The average Bonchev–Trinajstić information content (AvgIpc) is 2.67. The number of nitrogens with zero attached hydrogens (tertiary/aromatic N) is 1. The molecule has 1 unspecified atom stereocenters. The van der Waals surface area contributed by atoms with Gasteiger partial charge in [0.05, 0.1) is 26.2 Å². The summed E-state index contributed by atoms with van der Waals surface area (Å²) in [6, 6.07) is 0. The Balaban J connectivity index is 0. The van der Waals surface area contributed by atoms with Crippen molar-refractivity contribution in [2.75, 3.05) is 26.2 Å². The first-order chi connectivity index (χ1) is 14.6. The number of quaternary nitrogens is 1. The van der Waals surface area contributed by atoms with Crippen LogP contribution in [0.5, 0.6) is 0 Å². The highest BCUT2D eigenvalue weighted by Crippen LogP contribution is 2.60. The Morgan fingerprint density at radius 3 is 1.06 bits per heavy atom. The second kappa shape index (κ2) is 10.5. The Labute approximate surface area is 187 Å². The van der Waals surface area contributed by atoms with Gasteiger partial charge in [-0.05, 0) is 34.6 Å². The van der Waals surface area contributed by atoms with Crippen LogP contribution in [0, 0.1) is 0 Å². The number of hydrogen-bond donors (Lipinski definition) is 1. The molecule has 0 aromatic carbocycles. The minimum atomic E-state index is -8.12. The fraction of sp³-hybridized carbons (Fsp3) is 1.00. The minimum Gasteiger partial charge on any atom is -0.325 e. The molecule has 34 heavy (non-hydrogen) atoms. The smallest absolute Gasteiger partial charge is 0.325 e. The summed E-state index contributed by atoms with van der Waals surface area (Å²) in [7, 11) is -6.33. The summed E-state index contributed by atoms with van der Waals surface area (Å²) < 4.78 is 195. The fourth-order valence-corrected chi connectivity index (χ4v) is 3.09. The zero-order valence-corrected chi connectivity index (χ0v) is 19.3. The van der Waals surface area contributed by atoms with Crippen molar-refractivity contribution in [2.45, 2.75) is 75.7 Å². The number of halogens is 13. The lowest BCUT2D eigenvalue weighted by molar-refractivity contribution is -0.921. The Morgan fingerprint density at radius 2 is 0.882 bits per heavy atom. The van der Waals surface area contributed by atoms with Crippen molar-refractivity contribution in [1.29, 1.82) is 0 Å². The lowest BCUT2D eigenvalue weighted by Crippen LogP contribution is -2.71. The van der Waals surface area contributed by atoms with Crippen LogP contribution in [0.1, 0.15) is 34.6 Å². The predicted octanol–water partition coefficient (Wildman–Crippen LogP) is 5.88. The van der Waals surface area contributed by atoms with Gasteiger partial charge in [-0.2, -0.15) is 65.5 Å². The fourth-order valence-electron chi connectivity index (χ4n) is 2.57. The Hall–Kier alpha value is -1.04. The largest absolute Gasteiger partial charge is 0.460 e. The molecule has 0 aromatic rings. The van der Waals surface area contributed by atoms with Crippen LogP contribution in [0.25, 0.3) is 0 Å². The molecule has 0 amide bonds. The summed E-state index contributed by atoms with van der Waals surface area (Å²) in [5.74, 6) is -38.8. The monoisotopic (exact) mass is 558 g/mol. The standard InChI is InChI=1S/C8H5F13O3S.C8H20N/c1-2(25(22,23)24)3(9,10)4(11,12)5(13,14)6(15,16)7(17,18)8(19,20)21;1-5-9(6-2,7-3)8-4/h2H,1H3,(H,22,23,24);5-8H2,1-4H3/q;+1. The summed E-state index contributed by atoms with van der Waals surface area (Å²) in [6.45, 7) is 13.6. The SMILES string of the molecule is CC(C(F)(F)C(F)(F)C(F)(F)C(F)(F)C(F)(F)C(F)(F)F)S(=O)(=O)O.CC[N+](CC)(CC)CC. The first kappa shape index (κ1) is 35.1. The zero-order valence-electron chi connectivity index (χ0n) is 18.4. The van der Waals surface area contributed by atoms with E-state index in [9.17, 15) is 65.5 Å². The lowest BCUT2D eigenvalue weighted by Gasteiger charge is -2.40. The van der Waals surface area contributed by atoms with Crippen molar-refractivity contribution in [1.82, 2.24) is 0 Å². The molecule has 18 heteroatoms. The summed E-state index contributed by atoms with van der Waals surface area (Å²) in [6.07, 6.45) is -7.56.